The van der Waals surface area contributed by atoms with E-state index in [0.29, 0.717) is 11.3 Å². The number of aromatic carboxylic acids is 1. The molecule has 0 fully saturated rings. The number of halogens is 1. The summed E-state index contributed by atoms with van der Waals surface area (Å²) in [5.41, 5.74) is 1.35. The molecule has 2 aromatic rings. The van der Waals surface area contributed by atoms with Crippen LogP contribution in [-0.4, -0.2) is 20.5 Å². The van der Waals surface area contributed by atoms with Gasteiger partial charge < -0.3 is 9.51 Å². The van der Waals surface area contributed by atoms with E-state index < -0.39 is 5.97 Å². The SMILES string of the molecule is Cc1c(C(=O)O)nc2c(Br)cccn12. The molecule has 14 heavy (non-hydrogen) atoms. The van der Waals surface area contributed by atoms with Crippen LogP contribution in [0.3, 0.4) is 0 Å². The van der Waals surface area contributed by atoms with Crippen molar-refractivity contribution in [3.05, 3.63) is 34.2 Å². The van der Waals surface area contributed by atoms with Crippen molar-refractivity contribution < 1.29 is 9.90 Å². The quantitative estimate of drug-likeness (QED) is 0.848. The first-order valence-corrected chi connectivity index (χ1v) is 4.77. The molecule has 0 radical (unpaired) electrons. The molecular weight excluding hydrogens is 248 g/mol. The second-order valence-corrected chi connectivity index (χ2v) is 3.76. The number of aromatic nitrogens is 2. The molecule has 0 atom stereocenters. The molecule has 0 aromatic carbocycles. The molecule has 0 spiro atoms. The normalized spacial score (nSPS) is 10.7. The van der Waals surface area contributed by atoms with E-state index in [1.807, 2.05) is 12.1 Å². The fourth-order valence-electron chi connectivity index (χ4n) is 1.36. The van der Waals surface area contributed by atoms with E-state index in [0.717, 1.165) is 4.47 Å². The number of imidazole rings is 1. The van der Waals surface area contributed by atoms with Gasteiger partial charge in [-0.3, -0.25) is 0 Å². The molecule has 0 saturated carbocycles. The van der Waals surface area contributed by atoms with Crippen molar-refractivity contribution in [1.29, 1.82) is 0 Å². The summed E-state index contributed by atoms with van der Waals surface area (Å²) >= 11 is 3.32. The zero-order valence-corrected chi connectivity index (χ0v) is 8.95. The molecular formula is C9H7BrN2O2. The Kier molecular flexibility index (Phi) is 2.03. The number of carboxylic acids is 1. The number of carbonyl (C=O) groups is 1. The van der Waals surface area contributed by atoms with Crippen LogP contribution in [-0.2, 0) is 0 Å². The third-order valence-corrected chi connectivity index (χ3v) is 2.66. The standard InChI is InChI=1S/C9H7BrN2O2/c1-5-7(9(13)14)11-8-6(10)3-2-4-12(5)8/h2-4H,1H3,(H,13,14). The molecule has 0 amide bonds. The average molecular weight is 255 g/mol. The van der Waals surface area contributed by atoms with Crippen LogP contribution >= 0.6 is 15.9 Å². The summed E-state index contributed by atoms with van der Waals surface area (Å²) in [6.07, 6.45) is 1.79. The van der Waals surface area contributed by atoms with Crippen molar-refractivity contribution in [2.24, 2.45) is 0 Å². The van der Waals surface area contributed by atoms with Crippen LogP contribution < -0.4 is 0 Å². The Morgan fingerprint density at radius 1 is 1.64 bits per heavy atom. The van der Waals surface area contributed by atoms with Crippen molar-refractivity contribution >= 4 is 27.5 Å². The lowest BCUT2D eigenvalue weighted by Crippen LogP contribution is -1.99. The van der Waals surface area contributed by atoms with Gasteiger partial charge in [-0.25, -0.2) is 9.78 Å². The van der Waals surface area contributed by atoms with Crippen molar-refractivity contribution in [1.82, 2.24) is 9.38 Å². The van der Waals surface area contributed by atoms with Gasteiger partial charge in [-0.05, 0) is 35.0 Å². The molecule has 2 heterocycles. The predicted octanol–water partition coefficient (Wildman–Crippen LogP) is 2.10. The average Bonchev–Trinajstić information content (AvgIpc) is 2.46. The maximum absolute atomic E-state index is 10.8. The molecule has 4 nitrogen and oxygen atoms in total. The number of nitrogens with zero attached hydrogens (tertiary/aromatic N) is 2. The topological polar surface area (TPSA) is 54.6 Å². The van der Waals surface area contributed by atoms with Gasteiger partial charge in [0.15, 0.2) is 11.3 Å². The van der Waals surface area contributed by atoms with Crippen molar-refractivity contribution in [2.75, 3.05) is 0 Å². The molecule has 0 aliphatic rings. The molecule has 0 aliphatic heterocycles. The zero-order valence-electron chi connectivity index (χ0n) is 7.36. The summed E-state index contributed by atoms with van der Waals surface area (Å²) in [6.45, 7) is 1.73. The third kappa shape index (κ3) is 1.21. The molecule has 5 heteroatoms. The summed E-state index contributed by atoms with van der Waals surface area (Å²) in [6, 6.07) is 3.66. The van der Waals surface area contributed by atoms with Gasteiger partial charge in [-0.1, -0.05) is 0 Å². The Labute approximate surface area is 88.3 Å². The number of fused-ring (bicyclic) bond motifs is 1. The second kappa shape index (κ2) is 3.09. The highest BCUT2D eigenvalue weighted by atomic mass is 79.9. The van der Waals surface area contributed by atoms with Gasteiger partial charge in [0.25, 0.3) is 0 Å². The smallest absolute Gasteiger partial charge is 0.356 e. The number of pyridine rings is 1. The van der Waals surface area contributed by atoms with Crippen molar-refractivity contribution in [3.8, 4) is 0 Å². The van der Waals surface area contributed by atoms with E-state index in [1.165, 1.54) is 0 Å². The van der Waals surface area contributed by atoms with E-state index >= 15 is 0 Å². The lowest BCUT2D eigenvalue weighted by atomic mass is 10.3. The third-order valence-electron chi connectivity index (χ3n) is 2.04. The first-order valence-electron chi connectivity index (χ1n) is 3.97. The van der Waals surface area contributed by atoms with Crippen LogP contribution in [0, 0.1) is 6.92 Å². The van der Waals surface area contributed by atoms with E-state index in [9.17, 15) is 4.79 Å². The summed E-state index contributed by atoms with van der Waals surface area (Å²) in [7, 11) is 0. The van der Waals surface area contributed by atoms with Crippen molar-refractivity contribution in [3.63, 3.8) is 0 Å². The summed E-state index contributed by atoms with van der Waals surface area (Å²) in [4.78, 5) is 14.8. The molecule has 0 aliphatic carbocycles. The monoisotopic (exact) mass is 254 g/mol. The highest BCUT2D eigenvalue weighted by Gasteiger charge is 2.15. The van der Waals surface area contributed by atoms with E-state index in [4.69, 9.17) is 5.11 Å². The minimum atomic E-state index is -1.00. The van der Waals surface area contributed by atoms with Gasteiger partial charge in [0, 0.05) is 6.20 Å². The zero-order chi connectivity index (χ0) is 10.3. The minimum Gasteiger partial charge on any atom is -0.476 e. The second-order valence-electron chi connectivity index (χ2n) is 2.90. The summed E-state index contributed by atoms with van der Waals surface area (Å²) in [5.74, 6) is -1.00. The highest BCUT2D eigenvalue weighted by Crippen LogP contribution is 2.19. The fourth-order valence-corrected chi connectivity index (χ4v) is 1.79. The van der Waals surface area contributed by atoms with E-state index in [1.54, 1.807) is 17.5 Å². The Bertz CT molecular complexity index is 519. The van der Waals surface area contributed by atoms with E-state index in [2.05, 4.69) is 20.9 Å². The molecule has 2 rings (SSSR count). The summed E-state index contributed by atoms with van der Waals surface area (Å²) in [5, 5.41) is 8.87. The molecule has 72 valence electrons. The van der Waals surface area contributed by atoms with E-state index in [-0.39, 0.29) is 5.69 Å². The first kappa shape index (κ1) is 9.21. The number of hydrogen-bond donors (Lipinski definition) is 1. The number of rotatable bonds is 1. The molecule has 0 unspecified atom stereocenters. The maximum Gasteiger partial charge on any atom is 0.356 e. The molecule has 1 N–H and O–H groups in total. The Morgan fingerprint density at radius 2 is 2.36 bits per heavy atom. The number of carboxylic acid groups (broad SMARTS) is 1. The van der Waals surface area contributed by atoms with Gasteiger partial charge in [0.05, 0.1) is 10.2 Å². The van der Waals surface area contributed by atoms with Crippen LogP contribution in [0.4, 0.5) is 0 Å². The largest absolute Gasteiger partial charge is 0.476 e. The molecule has 0 bridgehead atoms. The lowest BCUT2D eigenvalue weighted by Gasteiger charge is -1.96. The van der Waals surface area contributed by atoms with Gasteiger partial charge >= 0.3 is 5.97 Å². The molecule has 2 aromatic heterocycles. The Hall–Kier alpha value is -1.36. The fraction of sp³-hybridized carbons (Fsp3) is 0.111. The minimum absolute atomic E-state index is 0.0944. The number of hydrogen-bond acceptors (Lipinski definition) is 2. The Morgan fingerprint density at radius 3 is 2.93 bits per heavy atom. The van der Waals surface area contributed by atoms with Gasteiger partial charge in [0.2, 0.25) is 0 Å². The lowest BCUT2D eigenvalue weighted by molar-refractivity contribution is 0.0690. The van der Waals surface area contributed by atoms with Crippen molar-refractivity contribution in [2.45, 2.75) is 6.92 Å². The van der Waals surface area contributed by atoms with Crippen LogP contribution in [0.15, 0.2) is 22.8 Å². The Balaban J connectivity index is 2.86. The summed E-state index contributed by atoms with van der Waals surface area (Å²) < 4.78 is 2.53. The van der Waals surface area contributed by atoms with Crippen LogP contribution in [0.25, 0.3) is 5.65 Å². The van der Waals surface area contributed by atoms with Gasteiger partial charge in [-0.15, -0.1) is 0 Å². The number of aryl methyl sites for hydroxylation is 1. The predicted molar refractivity (Wildman–Crippen MR) is 54.6 cm³/mol. The highest BCUT2D eigenvalue weighted by molar-refractivity contribution is 9.10. The van der Waals surface area contributed by atoms with Crippen LogP contribution in [0.1, 0.15) is 16.2 Å². The van der Waals surface area contributed by atoms with Crippen LogP contribution in [0.5, 0.6) is 0 Å². The molecule has 0 saturated heterocycles. The first-order chi connectivity index (χ1) is 6.61. The van der Waals surface area contributed by atoms with Gasteiger partial charge in [0.1, 0.15) is 0 Å². The van der Waals surface area contributed by atoms with Crippen LogP contribution in [0.2, 0.25) is 0 Å². The van der Waals surface area contributed by atoms with Gasteiger partial charge in [-0.2, -0.15) is 0 Å². The maximum atomic E-state index is 10.8.